The molecule has 0 bridgehead atoms. The molecule has 38 heavy (non-hydrogen) atoms. The van der Waals surface area contributed by atoms with Crippen molar-refractivity contribution in [1.82, 2.24) is 10.3 Å². The summed E-state index contributed by atoms with van der Waals surface area (Å²) in [7, 11) is 0. The predicted octanol–water partition coefficient (Wildman–Crippen LogP) is 7.55. The number of piperidine rings is 1. The summed E-state index contributed by atoms with van der Waals surface area (Å²) in [5.74, 6) is 1.84. The Labute approximate surface area is 232 Å². The molecule has 0 radical (unpaired) electrons. The zero-order valence-corrected chi connectivity index (χ0v) is 22.6. The molecule has 0 amide bonds. The lowest BCUT2D eigenvalue weighted by molar-refractivity contribution is 0.438. The highest BCUT2D eigenvalue weighted by molar-refractivity contribution is 7.80. The molecular weight excluding hydrogens is 519 g/mol. The smallest absolute Gasteiger partial charge is 0.174 e. The van der Waals surface area contributed by atoms with E-state index in [0.29, 0.717) is 15.9 Å². The van der Waals surface area contributed by atoms with Crippen molar-refractivity contribution in [2.75, 3.05) is 22.9 Å². The molecule has 2 aromatic carbocycles. The minimum absolute atomic E-state index is 0.238. The maximum atomic E-state index is 13.5. The van der Waals surface area contributed by atoms with Crippen LogP contribution in [0.15, 0.2) is 83.4 Å². The Bertz CT molecular complexity index is 1440. The minimum Gasteiger partial charge on any atom is -0.459 e. The Morgan fingerprint density at radius 1 is 1.03 bits per heavy atom. The van der Waals surface area contributed by atoms with Gasteiger partial charge in [-0.05, 0) is 97.7 Å². The van der Waals surface area contributed by atoms with Gasteiger partial charge in [-0.2, -0.15) is 0 Å². The van der Waals surface area contributed by atoms with Gasteiger partial charge >= 0.3 is 0 Å². The van der Waals surface area contributed by atoms with Gasteiger partial charge in [0.15, 0.2) is 5.11 Å². The molecule has 194 valence electrons. The first-order chi connectivity index (χ1) is 18.5. The summed E-state index contributed by atoms with van der Waals surface area (Å²) in [4.78, 5) is 9.02. The van der Waals surface area contributed by atoms with Crippen LogP contribution in [0.2, 0.25) is 5.02 Å². The Kier molecular flexibility index (Phi) is 6.80. The van der Waals surface area contributed by atoms with Gasteiger partial charge in [-0.25, -0.2) is 4.39 Å². The highest BCUT2D eigenvalue weighted by atomic mass is 35.5. The summed E-state index contributed by atoms with van der Waals surface area (Å²) >= 11 is 12.7. The average molecular weight is 547 g/mol. The number of rotatable bonds is 5. The van der Waals surface area contributed by atoms with Crippen LogP contribution < -0.4 is 15.1 Å². The van der Waals surface area contributed by atoms with Crippen molar-refractivity contribution in [2.24, 2.45) is 5.92 Å². The fourth-order valence-corrected chi connectivity index (χ4v) is 5.99. The van der Waals surface area contributed by atoms with Gasteiger partial charge in [0.1, 0.15) is 23.4 Å². The van der Waals surface area contributed by atoms with Crippen molar-refractivity contribution in [3.05, 3.63) is 101 Å². The second-order valence-corrected chi connectivity index (χ2v) is 10.8. The first-order valence-corrected chi connectivity index (χ1v) is 13.7. The number of furan rings is 1. The highest BCUT2D eigenvalue weighted by Crippen LogP contribution is 2.44. The van der Waals surface area contributed by atoms with Gasteiger partial charge in [-0.3, -0.25) is 4.98 Å². The molecule has 2 aliphatic heterocycles. The molecule has 0 aliphatic carbocycles. The summed E-state index contributed by atoms with van der Waals surface area (Å²) < 4.78 is 19.9. The standard InChI is InChI=1S/C30H28ClFN4OS/c1-19-13-16-35(17-14-19)25-10-9-22(18-23(25)31)36-29(28(34-30(36)38)24-4-2-3-15-33-24)27-12-11-26(37-27)20-5-7-21(32)8-6-20/h2-12,15,18-19,28-29H,13-14,16-17H2,1H3,(H,34,38)/t28-,29+/m0/s1. The monoisotopic (exact) mass is 546 g/mol. The Balaban J connectivity index is 1.37. The lowest BCUT2D eigenvalue weighted by atomic mass is 9.98. The van der Waals surface area contributed by atoms with Crippen LogP contribution in [0.5, 0.6) is 0 Å². The van der Waals surface area contributed by atoms with E-state index >= 15 is 0 Å². The number of pyridine rings is 1. The summed E-state index contributed by atoms with van der Waals surface area (Å²) in [5, 5.41) is 4.73. The number of hydrogen-bond acceptors (Lipinski definition) is 4. The number of nitrogens with one attached hydrogen (secondary N) is 1. The van der Waals surface area contributed by atoms with Crippen molar-refractivity contribution in [1.29, 1.82) is 0 Å². The number of aromatic nitrogens is 1. The van der Waals surface area contributed by atoms with Crippen LogP contribution in [-0.4, -0.2) is 23.2 Å². The molecule has 1 N–H and O–H groups in total. The zero-order chi connectivity index (χ0) is 26.2. The molecule has 6 rings (SSSR count). The van der Waals surface area contributed by atoms with Crippen LogP contribution in [0.1, 0.15) is 43.3 Å². The lowest BCUT2D eigenvalue weighted by Gasteiger charge is -2.33. The molecule has 4 heterocycles. The molecule has 0 saturated carbocycles. The predicted molar refractivity (Wildman–Crippen MR) is 154 cm³/mol. The van der Waals surface area contributed by atoms with Gasteiger partial charge in [0.05, 0.1) is 22.4 Å². The fraction of sp³-hybridized carbons (Fsp3) is 0.267. The maximum absolute atomic E-state index is 13.5. The second-order valence-electron chi connectivity index (χ2n) is 10.0. The lowest BCUT2D eigenvalue weighted by Crippen LogP contribution is -2.33. The largest absolute Gasteiger partial charge is 0.459 e. The molecule has 0 spiro atoms. The number of anilines is 2. The third-order valence-corrected chi connectivity index (χ3v) is 8.10. The van der Waals surface area contributed by atoms with E-state index in [2.05, 4.69) is 39.2 Å². The molecule has 0 unspecified atom stereocenters. The van der Waals surface area contributed by atoms with Crippen LogP contribution in [0, 0.1) is 11.7 Å². The number of halogens is 2. The van der Waals surface area contributed by atoms with Crippen molar-refractivity contribution in [3.63, 3.8) is 0 Å². The Hall–Kier alpha value is -3.42. The van der Waals surface area contributed by atoms with Crippen molar-refractivity contribution in [2.45, 2.75) is 31.8 Å². The second kappa shape index (κ2) is 10.4. The fourth-order valence-electron chi connectivity index (χ4n) is 5.35. The van der Waals surface area contributed by atoms with Crippen LogP contribution >= 0.6 is 23.8 Å². The summed E-state index contributed by atoms with van der Waals surface area (Å²) in [5.41, 5.74) is 3.59. The van der Waals surface area contributed by atoms with Gasteiger partial charge in [0, 0.05) is 30.5 Å². The quantitative estimate of drug-likeness (QED) is 0.261. The number of thiocarbonyl (C=S) groups is 1. The molecule has 2 saturated heterocycles. The molecule has 8 heteroatoms. The number of hydrogen-bond donors (Lipinski definition) is 1. The van der Waals surface area contributed by atoms with E-state index < -0.39 is 0 Å². The van der Waals surface area contributed by atoms with Crippen LogP contribution in [-0.2, 0) is 0 Å². The molecule has 2 aromatic heterocycles. The first-order valence-electron chi connectivity index (χ1n) is 12.9. The molecule has 4 aromatic rings. The summed E-state index contributed by atoms with van der Waals surface area (Å²) in [6.45, 7) is 4.32. The van der Waals surface area contributed by atoms with Gasteiger partial charge in [0.2, 0.25) is 0 Å². The zero-order valence-electron chi connectivity index (χ0n) is 21.0. The number of benzene rings is 2. The highest BCUT2D eigenvalue weighted by Gasteiger charge is 2.42. The average Bonchev–Trinajstić information content (AvgIpc) is 3.55. The van der Waals surface area contributed by atoms with Crippen LogP contribution in [0.3, 0.4) is 0 Å². The third-order valence-electron chi connectivity index (χ3n) is 7.48. The van der Waals surface area contributed by atoms with Crippen molar-refractivity contribution < 1.29 is 8.81 Å². The van der Waals surface area contributed by atoms with E-state index in [0.717, 1.165) is 47.4 Å². The van der Waals surface area contributed by atoms with Crippen molar-refractivity contribution in [3.8, 4) is 11.3 Å². The maximum Gasteiger partial charge on any atom is 0.174 e. The van der Waals surface area contributed by atoms with Gasteiger partial charge < -0.3 is 19.5 Å². The van der Waals surface area contributed by atoms with E-state index in [9.17, 15) is 4.39 Å². The normalized spacial score (nSPS) is 20.1. The van der Waals surface area contributed by atoms with E-state index in [-0.39, 0.29) is 17.9 Å². The summed E-state index contributed by atoms with van der Waals surface area (Å²) in [6.07, 6.45) is 4.11. The molecule has 2 aliphatic rings. The van der Waals surface area contributed by atoms with E-state index in [1.807, 2.05) is 36.4 Å². The molecular formula is C30H28ClFN4OS. The molecule has 5 nitrogen and oxygen atoms in total. The van der Waals surface area contributed by atoms with E-state index in [1.54, 1.807) is 18.3 Å². The van der Waals surface area contributed by atoms with Crippen LogP contribution in [0.25, 0.3) is 11.3 Å². The Morgan fingerprint density at radius 3 is 2.53 bits per heavy atom. The SMILES string of the molecule is CC1CCN(c2ccc(N3C(=S)N[C@@H](c4ccccn4)[C@H]3c3ccc(-c4ccc(F)cc4)o3)cc2Cl)CC1. The van der Waals surface area contributed by atoms with E-state index in [4.69, 9.17) is 28.2 Å². The van der Waals surface area contributed by atoms with Gasteiger partial charge in [-0.15, -0.1) is 0 Å². The topological polar surface area (TPSA) is 44.5 Å². The number of nitrogens with zero attached hydrogens (tertiary/aromatic N) is 3. The van der Waals surface area contributed by atoms with Gasteiger partial charge in [-0.1, -0.05) is 24.6 Å². The van der Waals surface area contributed by atoms with Crippen molar-refractivity contribution >= 4 is 40.3 Å². The summed E-state index contributed by atoms with van der Waals surface area (Å²) in [6, 6.07) is 21.6. The van der Waals surface area contributed by atoms with E-state index in [1.165, 1.54) is 25.0 Å². The Morgan fingerprint density at radius 2 is 1.82 bits per heavy atom. The van der Waals surface area contributed by atoms with Gasteiger partial charge in [0.25, 0.3) is 0 Å². The third kappa shape index (κ3) is 4.76. The molecule has 2 atom stereocenters. The van der Waals surface area contributed by atoms with Crippen LogP contribution in [0.4, 0.5) is 15.8 Å². The molecule has 2 fully saturated rings. The first kappa shape index (κ1) is 24.9. The minimum atomic E-state index is -0.302.